The van der Waals surface area contributed by atoms with Crippen molar-refractivity contribution < 1.29 is 9.59 Å². The van der Waals surface area contributed by atoms with Gasteiger partial charge in [0.2, 0.25) is 0 Å². The number of carbonyl (C=O) groups excluding carboxylic acids is 2. The lowest BCUT2D eigenvalue weighted by Crippen LogP contribution is -2.32. The lowest BCUT2D eigenvalue weighted by molar-refractivity contribution is -0.136. The zero-order chi connectivity index (χ0) is 17.1. The molecule has 4 heteroatoms. The van der Waals surface area contributed by atoms with Crippen LogP contribution in [0.4, 0.5) is 0 Å². The number of hydrogen-bond acceptors (Lipinski definition) is 3. The molecule has 1 heterocycles. The first-order valence-corrected chi connectivity index (χ1v) is 8.84. The van der Waals surface area contributed by atoms with E-state index in [0.29, 0.717) is 17.0 Å². The number of aryl methyl sites for hydroxylation is 1. The van der Waals surface area contributed by atoms with Gasteiger partial charge in [-0.05, 0) is 31.0 Å². The maximum Gasteiger partial charge on any atom is 0.268 e. The van der Waals surface area contributed by atoms with Crippen molar-refractivity contribution in [2.45, 2.75) is 25.2 Å². The summed E-state index contributed by atoms with van der Waals surface area (Å²) in [6, 6.07) is 17.5. The van der Waals surface area contributed by atoms with Crippen LogP contribution in [0.15, 0.2) is 64.4 Å². The quantitative estimate of drug-likeness (QED) is 0.764. The molecule has 122 valence electrons. The average molecular weight is 337 g/mol. The summed E-state index contributed by atoms with van der Waals surface area (Å²) in [5.41, 5.74) is 2.44. The molecule has 0 saturated carbocycles. The molecule has 0 aliphatic carbocycles. The fraction of sp³-hybridized carbons (Fsp3) is 0.200. The summed E-state index contributed by atoms with van der Waals surface area (Å²) in [6.07, 6.45) is 0.752. The van der Waals surface area contributed by atoms with Crippen LogP contribution in [0.3, 0.4) is 0 Å². The predicted molar refractivity (Wildman–Crippen MR) is 97.4 cm³/mol. The monoisotopic (exact) mass is 337 g/mol. The molecule has 2 aromatic rings. The first-order chi connectivity index (χ1) is 11.6. The zero-order valence-electron chi connectivity index (χ0n) is 13.8. The van der Waals surface area contributed by atoms with Gasteiger partial charge in [-0.1, -0.05) is 66.7 Å². The van der Waals surface area contributed by atoms with Gasteiger partial charge in [0.15, 0.2) is 0 Å². The lowest BCUT2D eigenvalue weighted by Gasteiger charge is -2.13. The molecule has 24 heavy (non-hydrogen) atoms. The Morgan fingerprint density at radius 1 is 0.917 bits per heavy atom. The number of nitrogens with zero attached hydrogens (tertiary/aromatic N) is 1. The van der Waals surface area contributed by atoms with Crippen LogP contribution in [0.5, 0.6) is 0 Å². The highest BCUT2D eigenvalue weighted by molar-refractivity contribution is 8.04. The van der Waals surface area contributed by atoms with Gasteiger partial charge in [0.25, 0.3) is 11.8 Å². The van der Waals surface area contributed by atoms with Gasteiger partial charge in [-0.2, -0.15) is 0 Å². The van der Waals surface area contributed by atoms with Crippen LogP contribution in [0, 0.1) is 6.92 Å². The van der Waals surface area contributed by atoms with Gasteiger partial charge in [0.05, 0.1) is 10.5 Å². The second kappa shape index (κ2) is 7.05. The van der Waals surface area contributed by atoms with Gasteiger partial charge >= 0.3 is 0 Å². The molecule has 0 atom stereocenters. The molecule has 1 aliphatic heterocycles. The predicted octanol–water partition coefficient (Wildman–Crippen LogP) is 4.28. The van der Waals surface area contributed by atoms with Crippen LogP contribution in [0.25, 0.3) is 5.57 Å². The minimum Gasteiger partial charge on any atom is -0.274 e. The minimum atomic E-state index is -0.191. The number of carbonyl (C=O) groups is 2. The fourth-order valence-corrected chi connectivity index (χ4v) is 3.69. The van der Waals surface area contributed by atoms with Crippen molar-refractivity contribution in [3.63, 3.8) is 0 Å². The summed E-state index contributed by atoms with van der Waals surface area (Å²) < 4.78 is 0. The van der Waals surface area contributed by atoms with E-state index in [1.54, 1.807) is 0 Å². The number of amides is 2. The second-order valence-corrected chi connectivity index (χ2v) is 6.83. The SMILES string of the molecule is CCCN1C(=O)C(Sc2ccccc2)=C(c2ccc(C)cc2)C1=O. The maximum atomic E-state index is 12.8. The van der Waals surface area contributed by atoms with Crippen molar-refractivity contribution >= 4 is 29.1 Å². The third-order valence-corrected chi connectivity index (χ3v) is 4.97. The normalized spacial score (nSPS) is 14.7. The molecule has 3 nitrogen and oxygen atoms in total. The van der Waals surface area contributed by atoms with Crippen LogP contribution < -0.4 is 0 Å². The molecule has 0 N–H and O–H groups in total. The number of benzene rings is 2. The Morgan fingerprint density at radius 2 is 1.58 bits per heavy atom. The van der Waals surface area contributed by atoms with Gasteiger partial charge in [-0.3, -0.25) is 14.5 Å². The van der Waals surface area contributed by atoms with E-state index < -0.39 is 0 Å². The lowest BCUT2D eigenvalue weighted by atomic mass is 10.0. The van der Waals surface area contributed by atoms with Gasteiger partial charge < -0.3 is 0 Å². The topological polar surface area (TPSA) is 37.4 Å². The Bertz CT molecular complexity index is 794. The van der Waals surface area contributed by atoms with Crippen molar-refractivity contribution in [3.05, 3.63) is 70.6 Å². The Kier molecular flexibility index (Phi) is 4.86. The molecule has 1 aliphatic rings. The highest BCUT2D eigenvalue weighted by Crippen LogP contribution is 2.39. The van der Waals surface area contributed by atoms with E-state index in [1.165, 1.54) is 16.7 Å². The molecule has 2 aromatic carbocycles. The van der Waals surface area contributed by atoms with Crippen LogP contribution in [0.1, 0.15) is 24.5 Å². The molecule has 0 fully saturated rings. The first kappa shape index (κ1) is 16.5. The van der Waals surface area contributed by atoms with E-state index in [4.69, 9.17) is 0 Å². The van der Waals surface area contributed by atoms with E-state index in [2.05, 4.69) is 0 Å². The highest BCUT2D eigenvalue weighted by Gasteiger charge is 2.38. The molecular formula is C20H19NO2S. The van der Waals surface area contributed by atoms with Crippen molar-refractivity contribution in [2.24, 2.45) is 0 Å². The molecule has 0 bridgehead atoms. The van der Waals surface area contributed by atoms with E-state index in [9.17, 15) is 9.59 Å². The number of rotatable bonds is 5. The Balaban J connectivity index is 2.06. The number of hydrogen-bond donors (Lipinski definition) is 0. The third-order valence-electron chi connectivity index (χ3n) is 3.88. The molecule has 2 amide bonds. The molecule has 0 aromatic heterocycles. The van der Waals surface area contributed by atoms with Crippen molar-refractivity contribution in [1.29, 1.82) is 0 Å². The molecule has 0 saturated heterocycles. The second-order valence-electron chi connectivity index (χ2n) is 5.75. The summed E-state index contributed by atoms with van der Waals surface area (Å²) in [5, 5.41) is 0. The molecule has 0 spiro atoms. The van der Waals surface area contributed by atoms with Crippen molar-refractivity contribution in [1.82, 2.24) is 4.90 Å². The van der Waals surface area contributed by atoms with Crippen molar-refractivity contribution in [3.8, 4) is 0 Å². The Hall–Kier alpha value is -2.33. The fourth-order valence-electron chi connectivity index (χ4n) is 2.66. The van der Waals surface area contributed by atoms with Gasteiger partial charge in [0, 0.05) is 11.4 Å². The number of imide groups is 1. The smallest absolute Gasteiger partial charge is 0.268 e. The summed E-state index contributed by atoms with van der Waals surface area (Å²) in [7, 11) is 0. The van der Waals surface area contributed by atoms with E-state index >= 15 is 0 Å². The summed E-state index contributed by atoms with van der Waals surface area (Å²) in [6.45, 7) is 4.42. The van der Waals surface area contributed by atoms with Crippen molar-refractivity contribution in [2.75, 3.05) is 6.54 Å². The highest BCUT2D eigenvalue weighted by atomic mass is 32.2. The Morgan fingerprint density at radius 3 is 2.21 bits per heavy atom. The van der Waals surface area contributed by atoms with Crippen LogP contribution in [-0.2, 0) is 9.59 Å². The summed E-state index contributed by atoms with van der Waals surface area (Å²) >= 11 is 1.37. The van der Waals surface area contributed by atoms with Gasteiger partial charge in [-0.25, -0.2) is 0 Å². The van der Waals surface area contributed by atoms with E-state index in [1.807, 2.05) is 68.4 Å². The van der Waals surface area contributed by atoms with Gasteiger partial charge in [0.1, 0.15) is 0 Å². The minimum absolute atomic E-state index is 0.189. The summed E-state index contributed by atoms with van der Waals surface area (Å²) in [5.74, 6) is -0.379. The standard InChI is InChI=1S/C20H19NO2S/c1-3-13-21-19(22)17(15-11-9-14(2)10-12-15)18(20(21)23)24-16-7-5-4-6-8-16/h4-12H,3,13H2,1-2H3. The third kappa shape index (κ3) is 3.15. The maximum absolute atomic E-state index is 12.8. The zero-order valence-corrected chi connectivity index (χ0v) is 14.6. The Labute approximate surface area is 146 Å². The largest absolute Gasteiger partial charge is 0.274 e. The van der Waals surface area contributed by atoms with E-state index in [0.717, 1.165) is 22.4 Å². The summed E-state index contributed by atoms with van der Waals surface area (Å²) in [4.78, 5) is 28.4. The number of thioether (sulfide) groups is 1. The van der Waals surface area contributed by atoms with Crippen LogP contribution in [0.2, 0.25) is 0 Å². The average Bonchev–Trinajstić information content (AvgIpc) is 2.82. The molecule has 3 rings (SSSR count). The van der Waals surface area contributed by atoms with Gasteiger partial charge in [-0.15, -0.1) is 0 Å². The first-order valence-electron chi connectivity index (χ1n) is 8.02. The van der Waals surface area contributed by atoms with E-state index in [-0.39, 0.29) is 11.8 Å². The van der Waals surface area contributed by atoms with Crippen LogP contribution >= 0.6 is 11.8 Å². The molecule has 0 radical (unpaired) electrons. The molecular weight excluding hydrogens is 318 g/mol. The van der Waals surface area contributed by atoms with Crippen LogP contribution in [-0.4, -0.2) is 23.3 Å². The molecule has 0 unspecified atom stereocenters.